The topological polar surface area (TPSA) is 62.4 Å². The molecule has 0 aromatic heterocycles. The molecule has 1 rings (SSSR count). The average molecular weight is 285 g/mol. The van der Waals surface area contributed by atoms with Crippen LogP contribution in [-0.4, -0.2) is 43.4 Å². The molecule has 1 saturated carbocycles. The molecule has 0 unspecified atom stereocenters. The summed E-state index contributed by atoms with van der Waals surface area (Å²) in [5, 5.41) is 9.84. The van der Waals surface area contributed by atoms with Gasteiger partial charge in [-0.1, -0.05) is 6.92 Å². The summed E-state index contributed by atoms with van der Waals surface area (Å²) in [4.78, 5) is 11.7. The molecule has 0 aromatic carbocycles. The van der Waals surface area contributed by atoms with Gasteiger partial charge in [0.15, 0.2) is 0 Å². The number of carbonyl (C=O) groups is 1. The first-order chi connectivity index (χ1) is 9.40. The SMILES string of the molecule is CCNCCNC1CCC(NC(=O)OC(C)(C)C)CC1. The molecule has 1 aliphatic carbocycles. The lowest BCUT2D eigenvalue weighted by Gasteiger charge is -2.30. The van der Waals surface area contributed by atoms with Gasteiger partial charge in [0.05, 0.1) is 0 Å². The van der Waals surface area contributed by atoms with Gasteiger partial charge >= 0.3 is 6.09 Å². The predicted molar refractivity (Wildman–Crippen MR) is 82.0 cm³/mol. The van der Waals surface area contributed by atoms with Gasteiger partial charge < -0.3 is 20.7 Å². The zero-order valence-corrected chi connectivity index (χ0v) is 13.4. The lowest BCUT2D eigenvalue weighted by Crippen LogP contribution is -2.44. The first-order valence-electron chi connectivity index (χ1n) is 7.84. The monoisotopic (exact) mass is 285 g/mol. The van der Waals surface area contributed by atoms with Crippen LogP contribution in [0.4, 0.5) is 4.79 Å². The second-order valence-corrected chi connectivity index (χ2v) is 6.50. The van der Waals surface area contributed by atoms with Gasteiger partial charge in [0.25, 0.3) is 0 Å². The fraction of sp³-hybridized carbons (Fsp3) is 0.933. The summed E-state index contributed by atoms with van der Waals surface area (Å²) >= 11 is 0. The Morgan fingerprint density at radius 3 is 2.25 bits per heavy atom. The number of likely N-dealkylation sites (N-methyl/N-ethyl adjacent to an activating group) is 1. The highest BCUT2D eigenvalue weighted by Gasteiger charge is 2.24. The second kappa shape index (κ2) is 8.47. The molecule has 0 saturated heterocycles. The molecule has 0 aromatic rings. The van der Waals surface area contributed by atoms with Crippen molar-refractivity contribution in [2.24, 2.45) is 0 Å². The number of nitrogens with one attached hydrogen (secondary N) is 3. The molecular formula is C15H31N3O2. The Bertz CT molecular complexity index is 281. The molecule has 118 valence electrons. The lowest BCUT2D eigenvalue weighted by atomic mass is 9.91. The summed E-state index contributed by atoms with van der Waals surface area (Å²) < 4.78 is 5.29. The maximum atomic E-state index is 11.7. The van der Waals surface area contributed by atoms with Gasteiger partial charge in [-0.25, -0.2) is 4.79 Å². The molecule has 1 aliphatic rings. The van der Waals surface area contributed by atoms with Crippen molar-refractivity contribution in [3.05, 3.63) is 0 Å². The molecule has 20 heavy (non-hydrogen) atoms. The van der Waals surface area contributed by atoms with Crippen molar-refractivity contribution >= 4 is 6.09 Å². The van der Waals surface area contributed by atoms with Gasteiger partial charge in [-0.3, -0.25) is 0 Å². The first kappa shape index (κ1) is 17.2. The third kappa shape index (κ3) is 7.70. The van der Waals surface area contributed by atoms with E-state index in [4.69, 9.17) is 4.74 Å². The van der Waals surface area contributed by atoms with Crippen molar-refractivity contribution in [3.63, 3.8) is 0 Å². The van der Waals surface area contributed by atoms with E-state index in [0.29, 0.717) is 6.04 Å². The summed E-state index contributed by atoms with van der Waals surface area (Å²) in [6.07, 6.45) is 4.00. The molecule has 3 N–H and O–H groups in total. The van der Waals surface area contributed by atoms with Crippen molar-refractivity contribution in [2.75, 3.05) is 19.6 Å². The molecular weight excluding hydrogens is 254 g/mol. The minimum atomic E-state index is -0.422. The lowest BCUT2D eigenvalue weighted by molar-refractivity contribution is 0.0490. The van der Waals surface area contributed by atoms with Gasteiger partial charge in [-0.05, 0) is 53.0 Å². The predicted octanol–water partition coefficient (Wildman–Crippen LogP) is 2.02. The molecule has 0 radical (unpaired) electrons. The van der Waals surface area contributed by atoms with Crippen LogP contribution in [0.5, 0.6) is 0 Å². The minimum absolute atomic E-state index is 0.261. The highest BCUT2D eigenvalue weighted by atomic mass is 16.6. The van der Waals surface area contributed by atoms with Crippen LogP contribution < -0.4 is 16.0 Å². The maximum absolute atomic E-state index is 11.7. The Hall–Kier alpha value is -0.810. The Labute approximate surface area is 123 Å². The van der Waals surface area contributed by atoms with E-state index < -0.39 is 5.60 Å². The van der Waals surface area contributed by atoms with E-state index in [2.05, 4.69) is 22.9 Å². The maximum Gasteiger partial charge on any atom is 0.407 e. The number of hydrogen-bond donors (Lipinski definition) is 3. The summed E-state index contributed by atoms with van der Waals surface area (Å²) in [6.45, 7) is 10.8. The number of amides is 1. The highest BCUT2D eigenvalue weighted by molar-refractivity contribution is 5.68. The van der Waals surface area contributed by atoms with Crippen LogP contribution >= 0.6 is 0 Å². The molecule has 1 fully saturated rings. The molecule has 0 bridgehead atoms. The number of carbonyl (C=O) groups excluding carboxylic acids is 1. The molecule has 0 atom stereocenters. The van der Waals surface area contributed by atoms with Crippen molar-refractivity contribution in [2.45, 2.75) is 71.1 Å². The molecule has 0 aliphatic heterocycles. The van der Waals surface area contributed by atoms with Crippen molar-refractivity contribution in [1.82, 2.24) is 16.0 Å². The van der Waals surface area contributed by atoms with Crippen LogP contribution in [0.25, 0.3) is 0 Å². The van der Waals surface area contributed by atoms with E-state index in [1.165, 1.54) is 0 Å². The van der Waals surface area contributed by atoms with Crippen molar-refractivity contribution in [1.29, 1.82) is 0 Å². The Morgan fingerprint density at radius 1 is 1.10 bits per heavy atom. The largest absolute Gasteiger partial charge is 0.444 e. The van der Waals surface area contributed by atoms with E-state index in [9.17, 15) is 4.79 Å². The fourth-order valence-electron chi connectivity index (χ4n) is 2.46. The van der Waals surface area contributed by atoms with Crippen LogP contribution in [0.1, 0.15) is 53.4 Å². The number of rotatable bonds is 6. The van der Waals surface area contributed by atoms with Gasteiger partial charge in [-0.2, -0.15) is 0 Å². The van der Waals surface area contributed by atoms with Crippen LogP contribution in [-0.2, 0) is 4.74 Å². The Balaban J connectivity index is 2.14. The average Bonchev–Trinajstić information content (AvgIpc) is 2.34. The molecule has 1 amide bonds. The van der Waals surface area contributed by atoms with Crippen LogP contribution in [0.15, 0.2) is 0 Å². The first-order valence-corrected chi connectivity index (χ1v) is 7.84. The third-order valence-electron chi connectivity index (χ3n) is 3.43. The Kier molecular flexibility index (Phi) is 7.30. The van der Waals surface area contributed by atoms with Crippen LogP contribution in [0.3, 0.4) is 0 Å². The van der Waals surface area contributed by atoms with E-state index in [1.54, 1.807) is 0 Å². The Morgan fingerprint density at radius 2 is 1.70 bits per heavy atom. The zero-order valence-electron chi connectivity index (χ0n) is 13.4. The third-order valence-corrected chi connectivity index (χ3v) is 3.43. The molecule has 5 heteroatoms. The normalized spacial score (nSPS) is 23.4. The second-order valence-electron chi connectivity index (χ2n) is 6.50. The summed E-state index contributed by atoms with van der Waals surface area (Å²) in [7, 11) is 0. The van der Waals surface area contributed by atoms with E-state index in [0.717, 1.165) is 45.3 Å². The smallest absolute Gasteiger partial charge is 0.407 e. The molecule has 0 heterocycles. The van der Waals surface area contributed by atoms with Crippen molar-refractivity contribution in [3.8, 4) is 0 Å². The fourth-order valence-corrected chi connectivity index (χ4v) is 2.46. The van der Waals surface area contributed by atoms with Crippen LogP contribution in [0.2, 0.25) is 0 Å². The highest BCUT2D eigenvalue weighted by Crippen LogP contribution is 2.19. The summed E-state index contributed by atoms with van der Waals surface area (Å²) in [5.74, 6) is 0. The van der Waals surface area contributed by atoms with E-state index >= 15 is 0 Å². The summed E-state index contributed by atoms with van der Waals surface area (Å²) in [6, 6.07) is 0.849. The van der Waals surface area contributed by atoms with Gasteiger partial charge in [0, 0.05) is 25.2 Å². The standard InChI is InChI=1S/C15H31N3O2/c1-5-16-10-11-17-12-6-8-13(9-7-12)18-14(19)20-15(2,3)4/h12-13,16-17H,5-11H2,1-4H3,(H,18,19). The number of ether oxygens (including phenoxy) is 1. The van der Waals surface area contributed by atoms with Gasteiger partial charge in [-0.15, -0.1) is 0 Å². The van der Waals surface area contributed by atoms with E-state index in [-0.39, 0.29) is 12.1 Å². The van der Waals surface area contributed by atoms with Gasteiger partial charge in [0.2, 0.25) is 0 Å². The zero-order chi connectivity index (χ0) is 15.0. The molecule has 0 spiro atoms. The van der Waals surface area contributed by atoms with Crippen LogP contribution in [0, 0.1) is 0 Å². The van der Waals surface area contributed by atoms with E-state index in [1.807, 2.05) is 20.8 Å². The van der Waals surface area contributed by atoms with Gasteiger partial charge in [0.1, 0.15) is 5.60 Å². The number of alkyl carbamates (subject to hydrolysis) is 1. The minimum Gasteiger partial charge on any atom is -0.444 e. The molecule has 5 nitrogen and oxygen atoms in total. The summed E-state index contributed by atoms with van der Waals surface area (Å²) in [5.41, 5.74) is -0.422. The number of hydrogen-bond acceptors (Lipinski definition) is 4. The van der Waals surface area contributed by atoms with Crippen molar-refractivity contribution < 1.29 is 9.53 Å². The quantitative estimate of drug-likeness (QED) is 0.653.